The molecule has 174 valence electrons. The largest absolute Gasteiger partial charge is 0.378 e. The van der Waals surface area contributed by atoms with Crippen molar-refractivity contribution in [1.82, 2.24) is 9.55 Å². The Kier molecular flexibility index (Phi) is 6.59. The molecule has 3 aromatic rings. The Morgan fingerprint density at radius 1 is 1.12 bits per heavy atom. The van der Waals surface area contributed by atoms with Gasteiger partial charge in [-0.2, -0.15) is 0 Å². The van der Waals surface area contributed by atoms with E-state index < -0.39 is 10.0 Å². The highest BCUT2D eigenvalue weighted by atomic mass is 35.5. The van der Waals surface area contributed by atoms with Crippen molar-refractivity contribution in [3.05, 3.63) is 59.4 Å². The molecule has 2 aromatic heterocycles. The summed E-state index contributed by atoms with van der Waals surface area (Å²) in [6.07, 6.45) is 4.58. The smallest absolute Gasteiger partial charge is 0.257 e. The van der Waals surface area contributed by atoms with Crippen molar-refractivity contribution in [2.45, 2.75) is 0 Å². The standard InChI is InChI=1S/C22H24ClN5O4S/c1-27-14-15(22(29)25-17-10-16(23)11-18(12-17)26-33(2,30)31)9-21(27)20-4-3-19(13-24-20)28-5-7-32-8-6-28/h3-4,9-14,26H,5-8H2,1-2H3,(H,25,29). The van der Waals surface area contributed by atoms with E-state index in [0.29, 0.717) is 24.5 Å². The van der Waals surface area contributed by atoms with E-state index in [0.717, 1.165) is 36.4 Å². The van der Waals surface area contributed by atoms with Crippen LogP contribution in [0.1, 0.15) is 10.4 Å². The van der Waals surface area contributed by atoms with Crippen LogP contribution in [-0.2, 0) is 21.8 Å². The number of aromatic nitrogens is 2. The third kappa shape index (κ3) is 5.84. The minimum atomic E-state index is -3.48. The Hall–Kier alpha value is -3.08. The molecule has 2 N–H and O–H groups in total. The molecular formula is C22H24ClN5O4S. The molecular weight excluding hydrogens is 466 g/mol. The fourth-order valence-corrected chi connectivity index (χ4v) is 4.41. The lowest BCUT2D eigenvalue weighted by molar-refractivity contribution is 0.102. The third-order valence-electron chi connectivity index (χ3n) is 5.11. The van der Waals surface area contributed by atoms with Crippen molar-refractivity contribution in [3.63, 3.8) is 0 Å². The van der Waals surface area contributed by atoms with Gasteiger partial charge in [-0.05, 0) is 36.4 Å². The number of rotatable bonds is 6. The first-order chi connectivity index (χ1) is 15.7. The molecule has 4 rings (SSSR count). The number of hydrogen-bond donors (Lipinski definition) is 2. The minimum absolute atomic E-state index is 0.263. The van der Waals surface area contributed by atoms with E-state index in [-0.39, 0.29) is 16.6 Å². The van der Waals surface area contributed by atoms with E-state index in [9.17, 15) is 13.2 Å². The summed E-state index contributed by atoms with van der Waals surface area (Å²) in [6.45, 7) is 3.08. The number of anilines is 3. The van der Waals surface area contributed by atoms with E-state index in [1.807, 2.05) is 29.9 Å². The maximum absolute atomic E-state index is 12.8. The van der Waals surface area contributed by atoms with Gasteiger partial charge < -0.3 is 19.5 Å². The summed E-state index contributed by atoms with van der Waals surface area (Å²) in [6, 6.07) is 10.2. The summed E-state index contributed by atoms with van der Waals surface area (Å²) in [7, 11) is -1.63. The zero-order valence-electron chi connectivity index (χ0n) is 18.2. The summed E-state index contributed by atoms with van der Waals surface area (Å²) in [5.41, 5.74) is 3.64. The Balaban J connectivity index is 1.51. The van der Waals surface area contributed by atoms with Gasteiger partial charge in [0.1, 0.15) is 0 Å². The van der Waals surface area contributed by atoms with Crippen LogP contribution in [0.15, 0.2) is 48.8 Å². The van der Waals surface area contributed by atoms with Crippen molar-refractivity contribution in [2.24, 2.45) is 7.05 Å². The first kappa shape index (κ1) is 23.1. The molecule has 0 atom stereocenters. The van der Waals surface area contributed by atoms with E-state index in [1.54, 1.807) is 18.3 Å². The lowest BCUT2D eigenvalue weighted by atomic mass is 10.2. The van der Waals surface area contributed by atoms with Crippen molar-refractivity contribution in [1.29, 1.82) is 0 Å². The lowest BCUT2D eigenvalue weighted by Gasteiger charge is -2.28. The number of pyridine rings is 1. The molecule has 0 saturated carbocycles. The molecule has 1 aliphatic heterocycles. The van der Waals surface area contributed by atoms with Crippen molar-refractivity contribution in [3.8, 4) is 11.4 Å². The van der Waals surface area contributed by atoms with Crippen LogP contribution < -0.4 is 14.9 Å². The number of sulfonamides is 1. The number of amides is 1. The van der Waals surface area contributed by atoms with Gasteiger partial charge in [-0.1, -0.05) is 11.6 Å². The first-order valence-electron chi connectivity index (χ1n) is 10.2. The van der Waals surface area contributed by atoms with Crippen LogP contribution in [0.5, 0.6) is 0 Å². The first-order valence-corrected chi connectivity index (χ1v) is 12.5. The summed E-state index contributed by atoms with van der Waals surface area (Å²) in [5, 5.41) is 3.05. The average molecular weight is 490 g/mol. The van der Waals surface area contributed by atoms with Gasteiger partial charge in [0.25, 0.3) is 5.91 Å². The van der Waals surface area contributed by atoms with Crippen LogP contribution in [0.4, 0.5) is 17.1 Å². The highest BCUT2D eigenvalue weighted by Gasteiger charge is 2.16. The van der Waals surface area contributed by atoms with E-state index in [4.69, 9.17) is 16.3 Å². The number of hydrogen-bond acceptors (Lipinski definition) is 6. The van der Waals surface area contributed by atoms with Crippen molar-refractivity contribution in [2.75, 3.05) is 47.5 Å². The molecule has 0 aliphatic carbocycles. The number of carbonyl (C=O) groups excluding carboxylic acids is 1. The predicted octanol–water partition coefficient (Wildman–Crippen LogP) is 3.20. The molecule has 1 aliphatic rings. The highest BCUT2D eigenvalue weighted by Crippen LogP contribution is 2.26. The quantitative estimate of drug-likeness (QED) is 0.551. The second-order valence-electron chi connectivity index (χ2n) is 7.78. The molecule has 1 fully saturated rings. The number of ether oxygens (including phenoxy) is 1. The molecule has 1 aromatic carbocycles. The van der Waals surface area contributed by atoms with Gasteiger partial charge in [0.15, 0.2) is 0 Å². The Morgan fingerprint density at radius 2 is 1.85 bits per heavy atom. The molecule has 9 nitrogen and oxygen atoms in total. The van der Waals surface area contributed by atoms with Crippen LogP contribution >= 0.6 is 11.6 Å². The molecule has 0 bridgehead atoms. The molecule has 1 amide bonds. The summed E-state index contributed by atoms with van der Waals surface area (Å²) >= 11 is 6.08. The number of halogens is 1. The van der Waals surface area contributed by atoms with Gasteiger partial charge >= 0.3 is 0 Å². The highest BCUT2D eigenvalue weighted by molar-refractivity contribution is 7.92. The van der Waals surface area contributed by atoms with E-state index in [2.05, 4.69) is 19.9 Å². The zero-order chi connectivity index (χ0) is 23.6. The minimum Gasteiger partial charge on any atom is -0.378 e. The van der Waals surface area contributed by atoms with Gasteiger partial charge in [-0.15, -0.1) is 0 Å². The van der Waals surface area contributed by atoms with Crippen LogP contribution in [0.25, 0.3) is 11.4 Å². The maximum atomic E-state index is 12.8. The third-order valence-corrected chi connectivity index (χ3v) is 5.94. The molecule has 11 heteroatoms. The van der Waals surface area contributed by atoms with Crippen LogP contribution in [-0.4, -0.2) is 56.4 Å². The fraction of sp³-hybridized carbons (Fsp3) is 0.273. The maximum Gasteiger partial charge on any atom is 0.257 e. The summed E-state index contributed by atoms with van der Waals surface area (Å²) in [5.74, 6) is -0.352. The molecule has 33 heavy (non-hydrogen) atoms. The Bertz CT molecular complexity index is 1270. The van der Waals surface area contributed by atoms with Crippen LogP contribution in [0.2, 0.25) is 5.02 Å². The summed E-state index contributed by atoms with van der Waals surface area (Å²) < 4.78 is 32.6. The topological polar surface area (TPSA) is 106 Å². The fourth-order valence-electron chi connectivity index (χ4n) is 3.63. The summed E-state index contributed by atoms with van der Waals surface area (Å²) in [4.78, 5) is 19.6. The average Bonchev–Trinajstić information content (AvgIpc) is 3.14. The van der Waals surface area contributed by atoms with Gasteiger partial charge in [-0.3, -0.25) is 14.5 Å². The second-order valence-corrected chi connectivity index (χ2v) is 9.97. The Labute approximate surface area is 197 Å². The van der Waals surface area contributed by atoms with Gasteiger partial charge in [-0.25, -0.2) is 8.42 Å². The second kappa shape index (κ2) is 9.42. The SMILES string of the molecule is Cn1cc(C(=O)Nc2cc(Cl)cc(NS(C)(=O)=O)c2)cc1-c1ccc(N2CCOCC2)cn1. The van der Waals surface area contributed by atoms with Gasteiger partial charge in [0.05, 0.1) is 54.0 Å². The van der Waals surface area contributed by atoms with Crippen molar-refractivity contribution < 1.29 is 17.9 Å². The number of carbonyl (C=O) groups is 1. The Morgan fingerprint density at radius 3 is 2.52 bits per heavy atom. The zero-order valence-corrected chi connectivity index (χ0v) is 19.8. The van der Waals surface area contributed by atoms with Gasteiger partial charge in [0, 0.05) is 37.0 Å². The number of nitrogens with zero attached hydrogens (tertiary/aromatic N) is 3. The number of morpholine rings is 1. The normalized spacial score (nSPS) is 14.2. The van der Waals surface area contributed by atoms with Gasteiger partial charge in [0.2, 0.25) is 10.0 Å². The van der Waals surface area contributed by atoms with Crippen LogP contribution in [0.3, 0.4) is 0 Å². The van der Waals surface area contributed by atoms with Crippen LogP contribution in [0, 0.1) is 0 Å². The van der Waals surface area contributed by atoms with E-state index in [1.165, 1.54) is 12.1 Å². The number of aryl methyl sites for hydroxylation is 1. The number of benzene rings is 1. The molecule has 0 spiro atoms. The van der Waals surface area contributed by atoms with E-state index >= 15 is 0 Å². The molecule has 0 unspecified atom stereocenters. The molecule has 1 saturated heterocycles. The van der Waals surface area contributed by atoms with Crippen molar-refractivity contribution >= 4 is 44.6 Å². The molecule has 0 radical (unpaired) electrons. The number of nitrogens with one attached hydrogen (secondary N) is 2. The molecule has 3 heterocycles. The predicted molar refractivity (Wildman–Crippen MR) is 130 cm³/mol. The monoisotopic (exact) mass is 489 g/mol. The lowest BCUT2D eigenvalue weighted by Crippen LogP contribution is -2.36.